The molecule has 10 unspecified atom stereocenters. The standard InChI is InChI=1S/C29H44O7.C8H14O.C3H9NO.2C2H6/c1-16-12-21(33-15-16)5-4-20-6-8-23-26(34-20)25-27(23)36-24-9-7-22(35-28(24)29(25)31-3)14-19(30)13-18-10-11-32-17(18)2;1-3-8-5-4-7(2)6-9-8;1-3(5)2-4;2*1-2/h17-18,20-29H,1,4-15H2,2-3H3;8H,2-6H2,1H3;3,5H,2,4H2,1H3;2*1-2H3/t17-,18?,20?,21?,22?,23?,24?,25?,26+,27?,28-,29?;8-;;;/m00.../s1. The Kier molecular flexibility index (Phi) is 21.4. The fourth-order valence-electron chi connectivity index (χ4n) is 8.94. The molecule has 0 bridgehead atoms. The van der Waals surface area contributed by atoms with E-state index in [1.54, 1.807) is 14.0 Å². The topological polar surface area (TPSA) is 128 Å². The summed E-state index contributed by atoms with van der Waals surface area (Å²) in [7, 11) is 1.79. The molecule has 6 heterocycles. The number of aliphatic hydroxyl groups excluding tert-OH is 1. The molecule has 0 aromatic rings. The van der Waals surface area contributed by atoms with Crippen LogP contribution >= 0.6 is 0 Å². The second-order valence-electron chi connectivity index (χ2n) is 15.9. The van der Waals surface area contributed by atoms with Gasteiger partial charge >= 0.3 is 0 Å². The average Bonchev–Trinajstić information content (AvgIpc) is 3.81. The molecule has 10 heteroatoms. The highest BCUT2D eigenvalue weighted by Gasteiger charge is 2.64. The predicted octanol–water partition coefficient (Wildman–Crippen LogP) is 7.52. The number of rotatable bonds is 10. The second kappa shape index (κ2) is 24.5. The molecule has 1 aliphatic carbocycles. The van der Waals surface area contributed by atoms with Crippen molar-refractivity contribution in [3.63, 3.8) is 0 Å². The number of carbonyl (C=O) groups is 1. The Bertz CT molecular complexity index is 1090. The summed E-state index contributed by atoms with van der Waals surface area (Å²) in [5.41, 5.74) is 7.38. The third-order valence-corrected chi connectivity index (χ3v) is 12.0. The Hall–Kier alpha value is -1.21. The van der Waals surface area contributed by atoms with Crippen LogP contribution in [-0.2, 0) is 38.0 Å². The predicted molar refractivity (Wildman–Crippen MR) is 215 cm³/mol. The summed E-state index contributed by atoms with van der Waals surface area (Å²) in [4.78, 5) is 12.8. The van der Waals surface area contributed by atoms with Crippen molar-refractivity contribution in [3.05, 3.63) is 24.3 Å². The van der Waals surface area contributed by atoms with Gasteiger partial charge in [0.1, 0.15) is 11.9 Å². The summed E-state index contributed by atoms with van der Waals surface area (Å²) in [6.45, 7) is 24.4. The molecule has 6 aliphatic heterocycles. The molecule has 7 aliphatic rings. The summed E-state index contributed by atoms with van der Waals surface area (Å²) >= 11 is 0. The van der Waals surface area contributed by atoms with E-state index in [0.29, 0.717) is 55.8 Å². The van der Waals surface area contributed by atoms with Crippen LogP contribution in [0.5, 0.6) is 0 Å². The minimum atomic E-state index is -0.338. The molecule has 6 saturated heterocycles. The Morgan fingerprint density at radius 1 is 0.833 bits per heavy atom. The number of methoxy groups -OCH3 is 1. The lowest BCUT2D eigenvalue weighted by Crippen LogP contribution is -2.72. The van der Waals surface area contributed by atoms with E-state index in [-0.39, 0.29) is 60.9 Å². The van der Waals surface area contributed by atoms with Crippen molar-refractivity contribution in [1.29, 1.82) is 0 Å². The van der Waals surface area contributed by atoms with E-state index < -0.39 is 0 Å². The van der Waals surface area contributed by atoms with Crippen molar-refractivity contribution >= 4 is 5.78 Å². The molecule has 54 heavy (non-hydrogen) atoms. The van der Waals surface area contributed by atoms with Gasteiger partial charge in [0.05, 0.1) is 74.3 Å². The molecule has 3 N–H and O–H groups in total. The van der Waals surface area contributed by atoms with E-state index in [0.717, 1.165) is 71.0 Å². The minimum Gasteiger partial charge on any atom is -0.392 e. The van der Waals surface area contributed by atoms with E-state index >= 15 is 0 Å². The van der Waals surface area contributed by atoms with Crippen molar-refractivity contribution in [2.75, 3.05) is 33.5 Å². The molecule has 1 saturated carbocycles. The fourth-order valence-corrected chi connectivity index (χ4v) is 8.94. The summed E-state index contributed by atoms with van der Waals surface area (Å²) < 4.78 is 42.9. The fraction of sp³-hybridized carbons (Fsp3) is 0.886. The second-order valence-corrected chi connectivity index (χ2v) is 15.9. The zero-order chi connectivity index (χ0) is 39.8. The molecule has 7 rings (SSSR count). The molecule has 7 fully saturated rings. The monoisotopic (exact) mass is 766 g/mol. The number of hydrogen-bond acceptors (Lipinski definition) is 10. The van der Waals surface area contributed by atoms with E-state index in [1.807, 2.05) is 27.7 Å². The van der Waals surface area contributed by atoms with Crippen LogP contribution in [0, 0.1) is 17.8 Å². The van der Waals surface area contributed by atoms with Crippen LogP contribution in [0.15, 0.2) is 24.3 Å². The number of aliphatic hydroxyl groups is 1. The van der Waals surface area contributed by atoms with Gasteiger partial charge in [-0.25, -0.2) is 0 Å². The number of ether oxygens (including phenoxy) is 7. The van der Waals surface area contributed by atoms with Crippen LogP contribution in [0.1, 0.15) is 132 Å². The number of ketones is 1. The van der Waals surface area contributed by atoms with E-state index in [2.05, 4.69) is 27.0 Å². The van der Waals surface area contributed by atoms with Gasteiger partial charge in [-0.1, -0.05) is 53.3 Å². The molecule has 314 valence electrons. The number of hydrogen-bond donors (Lipinski definition) is 2. The SMILES string of the molecule is C=C1CC[C@H](CC)OC1.C=C1COC(CCC2CCC3C4OC5CCC(CC(=O)CC6CCO[C@H]6C)O[C@@H]5C(OC)C4[C@@H]3O2)C1.CC.CC.CC(O)CN. The molecule has 0 aromatic heterocycles. The van der Waals surface area contributed by atoms with Crippen molar-refractivity contribution in [2.45, 2.75) is 199 Å². The van der Waals surface area contributed by atoms with Gasteiger partial charge in [-0.15, -0.1) is 0 Å². The van der Waals surface area contributed by atoms with Gasteiger partial charge in [0.2, 0.25) is 0 Å². The number of fused-ring (bicyclic) bond motifs is 5. The lowest BCUT2D eigenvalue weighted by Gasteiger charge is -2.62. The van der Waals surface area contributed by atoms with Crippen LogP contribution < -0.4 is 5.73 Å². The molecular formula is C44H79NO9. The van der Waals surface area contributed by atoms with Gasteiger partial charge in [-0.2, -0.15) is 0 Å². The van der Waals surface area contributed by atoms with Gasteiger partial charge < -0.3 is 44.0 Å². The largest absolute Gasteiger partial charge is 0.392 e. The first-order valence-electron chi connectivity index (χ1n) is 21.7. The molecule has 10 nitrogen and oxygen atoms in total. The Labute approximate surface area is 328 Å². The van der Waals surface area contributed by atoms with Crippen LogP contribution in [0.4, 0.5) is 0 Å². The van der Waals surface area contributed by atoms with Gasteiger partial charge in [0.25, 0.3) is 0 Å². The summed E-state index contributed by atoms with van der Waals surface area (Å²) in [6, 6.07) is 0. The van der Waals surface area contributed by atoms with Crippen molar-refractivity contribution in [3.8, 4) is 0 Å². The number of carbonyl (C=O) groups excluding carboxylic acids is 1. The number of Topliss-reactive ketones (excluding diaryl/α,β-unsaturated/α-hetero) is 1. The molecule has 0 spiro atoms. The average molecular weight is 766 g/mol. The zero-order valence-corrected chi connectivity index (χ0v) is 35.3. The highest BCUT2D eigenvalue weighted by Crippen LogP contribution is 2.54. The zero-order valence-electron chi connectivity index (χ0n) is 35.3. The minimum absolute atomic E-state index is 0.0450. The third kappa shape index (κ3) is 13.4. The van der Waals surface area contributed by atoms with E-state index in [9.17, 15) is 4.79 Å². The smallest absolute Gasteiger partial charge is 0.135 e. The van der Waals surface area contributed by atoms with Crippen LogP contribution in [0.25, 0.3) is 0 Å². The lowest BCUT2D eigenvalue weighted by molar-refractivity contribution is -0.342. The first kappa shape index (κ1) is 47.2. The molecular weight excluding hydrogens is 686 g/mol. The first-order valence-corrected chi connectivity index (χ1v) is 21.7. The molecule has 0 aromatic carbocycles. The van der Waals surface area contributed by atoms with Gasteiger partial charge in [0, 0.05) is 44.9 Å². The maximum Gasteiger partial charge on any atom is 0.135 e. The van der Waals surface area contributed by atoms with Crippen molar-refractivity contribution in [2.24, 2.45) is 23.5 Å². The third-order valence-electron chi connectivity index (χ3n) is 12.0. The summed E-state index contributed by atoms with van der Waals surface area (Å²) in [6.07, 6.45) is 13.8. The highest BCUT2D eigenvalue weighted by atomic mass is 16.6. The van der Waals surface area contributed by atoms with Crippen LogP contribution in [-0.4, -0.2) is 112 Å². The van der Waals surface area contributed by atoms with Gasteiger partial charge in [-0.3, -0.25) is 4.79 Å². The van der Waals surface area contributed by atoms with Gasteiger partial charge in [0.15, 0.2) is 0 Å². The first-order chi connectivity index (χ1) is 26.1. The maximum atomic E-state index is 12.8. The lowest BCUT2D eigenvalue weighted by atomic mass is 9.60. The quantitative estimate of drug-likeness (QED) is 0.216. The molecule has 0 radical (unpaired) electrons. The Morgan fingerprint density at radius 2 is 1.46 bits per heavy atom. The molecule has 0 amide bonds. The Balaban J connectivity index is 0.000000364. The normalized spacial score (nSPS) is 38.4. The Morgan fingerprint density at radius 3 is 2.04 bits per heavy atom. The molecule has 14 atom stereocenters. The highest BCUT2D eigenvalue weighted by molar-refractivity contribution is 5.79. The van der Waals surface area contributed by atoms with Crippen LogP contribution in [0.2, 0.25) is 0 Å². The maximum absolute atomic E-state index is 12.8. The summed E-state index contributed by atoms with van der Waals surface area (Å²) in [5.74, 6) is 1.31. The van der Waals surface area contributed by atoms with Crippen molar-refractivity contribution < 1.29 is 43.1 Å². The van der Waals surface area contributed by atoms with E-state index in [4.69, 9.17) is 44.0 Å². The van der Waals surface area contributed by atoms with Gasteiger partial charge in [-0.05, 0) is 96.0 Å². The van der Waals surface area contributed by atoms with E-state index in [1.165, 1.54) is 24.0 Å². The number of nitrogens with two attached hydrogens (primary N) is 1. The summed E-state index contributed by atoms with van der Waals surface area (Å²) in [5, 5.41) is 8.24. The van der Waals surface area contributed by atoms with Crippen molar-refractivity contribution in [1.82, 2.24) is 0 Å². The van der Waals surface area contributed by atoms with Crippen LogP contribution in [0.3, 0.4) is 0 Å².